The molecule has 0 aliphatic heterocycles. The zero-order valence-corrected chi connectivity index (χ0v) is 32.8. The average Bonchev–Trinajstić information content (AvgIpc) is 3.66. The first-order valence-corrected chi connectivity index (χ1v) is 20.7. The molecular formula is C58H38N2. The molecule has 0 aliphatic rings. The molecule has 0 unspecified atom stereocenters. The van der Waals surface area contributed by atoms with Crippen LogP contribution in [0.25, 0.3) is 93.2 Å². The Morgan fingerprint density at radius 1 is 0.283 bits per heavy atom. The first-order chi connectivity index (χ1) is 29.8. The van der Waals surface area contributed by atoms with Crippen molar-refractivity contribution in [3.8, 4) is 39.1 Å². The number of benzene rings is 11. The van der Waals surface area contributed by atoms with Gasteiger partial charge in [-0.1, -0.05) is 176 Å². The van der Waals surface area contributed by atoms with E-state index in [1.165, 1.54) is 93.2 Å². The van der Waals surface area contributed by atoms with Crippen molar-refractivity contribution >= 4 is 71.2 Å². The third-order valence-electron chi connectivity index (χ3n) is 12.3. The van der Waals surface area contributed by atoms with Crippen molar-refractivity contribution in [1.29, 1.82) is 0 Å². The molecule has 0 amide bonds. The maximum absolute atomic E-state index is 2.46. The van der Waals surface area contributed by atoms with Gasteiger partial charge in [0.05, 0.1) is 22.4 Å². The summed E-state index contributed by atoms with van der Waals surface area (Å²) in [5, 5.41) is 10.0. The molecule has 60 heavy (non-hydrogen) atoms. The summed E-state index contributed by atoms with van der Waals surface area (Å²) < 4.78 is 2.46. The number of aromatic nitrogens is 1. The van der Waals surface area contributed by atoms with Gasteiger partial charge in [-0.3, -0.25) is 0 Å². The predicted molar refractivity (Wildman–Crippen MR) is 255 cm³/mol. The maximum Gasteiger partial charge on any atom is 0.0541 e. The zero-order valence-electron chi connectivity index (χ0n) is 32.8. The molecule has 2 heteroatoms. The molecular weight excluding hydrogens is 725 g/mol. The van der Waals surface area contributed by atoms with Crippen LogP contribution in [-0.2, 0) is 0 Å². The number of nitrogens with zero attached hydrogens (tertiary/aromatic N) is 2. The van der Waals surface area contributed by atoms with E-state index in [4.69, 9.17) is 0 Å². The second-order valence-corrected chi connectivity index (χ2v) is 15.7. The van der Waals surface area contributed by atoms with E-state index >= 15 is 0 Å². The van der Waals surface area contributed by atoms with E-state index in [2.05, 4.69) is 240 Å². The van der Waals surface area contributed by atoms with Crippen molar-refractivity contribution in [1.82, 2.24) is 4.57 Å². The number of hydrogen-bond donors (Lipinski definition) is 0. The molecule has 2 nitrogen and oxygen atoms in total. The SMILES string of the molecule is c1ccc(-c2cccc(-c3cccc(N(c4cccc(-c5ccccc5)c4)c4ccc5ccc6c(-n7c8ccccc8c8ccccc87)ccc7ccc4c5c76)c3)c2)cc1. The van der Waals surface area contributed by atoms with Crippen LogP contribution in [-0.4, -0.2) is 4.57 Å². The van der Waals surface area contributed by atoms with Crippen LogP contribution in [0, 0.1) is 0 Å². The Morgan fingerprint density at radius 2 is 0.717 bits per heavy atom. The van der Waals surface area contributed by atoms with Crippen LogP contribution in [0.5, 0.6) is 0 Å². The van der Waals surface area contributed by atoms with Gasteiger partial charge in [0.1, 0.15) is 0 Å². The van der Waals surface area contributed by atoms with Crippen LogP contribution in [0.2, 0.25) is 0 Å². The van der Waals surface area contributed by atoms with E-state index < -0.39 is 0 Å². The van der Waals surface area contributed by atoms with Crippen LogP contribution in [0.15, 0.2) is 231 Å². The molecule has 12 aromatic rings. The highest BCUT2D eigenvalue weighted by Gasteiger charge is 2.21. The number of para-hydroxylation sites is 2. The summed E-state index contributed by atoms with van der Waals surface area (Å²) in [6.07, 6.45) is 0. The highest BCUT2D eigenvalue weighted by Crippen LogP contribution is 2.46. The summed E-state index contributed by atoms with van der Waals surface area (Å²) in [6, 6.07) is 84.3. The molecule has 0 fully saturated rings. The normalized spacial score (nSPS) is 11.7. The van der Waals surface area contributed by atoms with Gasteiger partial charge >= 0.3 is 0 Å². The summed E-state index contributed by atoms with van der Waals surface area (Å²) in [4.78, 5) is 2.46. The van der Waals surface area contributed by atoms with Crippen molar-refractivity contribution < 1.29 is 0 Å². The summed E-state index contributed by atoms with van der Waals surface area (Å²) in [5.74, 6) is 0. The standard InChI is InChI=1S/C58H38N2/c1-3-14-39(15-4-1)43-18-11-19-44(36-43)46-21-13-23-48(38-46)59(47-22-12-20-45(37-47)40-16-5-2-6-17-40)55-34-30-41-29-33-52-56(35-31-42-28-32-51(55)57(41)58(42)52)60-53-26-9-7-24-49(53)50-25-8-10-27-54(50)60/h1-38H. The van der Waals surface area contributed by atoms with E-state index in [1.54, 1.807) is 0 Å². The van der Waals surface area contributed by atoms with Crippen LogP contribution >= 0.6 is 0 Å². The third-order valence-corrected chi connectivity index (χ3v) is 12.3. The molecule has 0 aliphatic carbocycles. The highest BCUT2D eigenvalue weighted by molar-refractivity contribution is 6.27. The molecule has 0 atom stereocenters. The second-order valence-electron chi connectivity index (χ2n) is 15.7. The van der Waals surface area contributed by atoms with E-state index in [9.17, 15) is 0 Å². The van der Waals surface area contributed by atoms with Crippen molar-refractivity contribution in [3.63, 3.8) is 0 Å². The van der Waals surface area contributed by atoms with Gasteiger partial charge in [0.2, 0.25) is 0 Å². The van der Waals surface area contributed by atoms with Crippen molar-refractivity contribution in [3.05, 3.63) is 231 Å². The Bertz CT molecular complexity index is 3490. The van der Waals surface area contributed by atoms with Gasteiger partial charge in [0, 0.05) is 32.9 Å². The second kappa shape index (κ2) is 13.9. The number of hydrogen-bond acceptors (Lipinski definition) is 1. The van der Waals surface area contributed by atoms with Crippen LogP contribution in [0.1, 0.15) is 0 Å². The Kier molecular flexibility index (Phi) is 7.89. The third kappa shape index (κ3) is 5.50. The lowest BCUT2D eigenvalue weighted by molar-refractivity contribution is 1.20. The smallest absolute Gasteiger partial charge is 0.0541 e. The van der Waals surface area contributed by atoms with E-state index in [0.717, 1.165) is 17.1 Å². The monoisotopic (exact) mass is 762 g/mol. The summed E-state index contributed by atoms with van der Waals surface area (Å²) in [5.41, 5.74) is 14.1. The summed E-state index contributed by atoms with van der Waals surface area (Å²) in [7, 11) is 0. The van der Waals surface area contributed by atoms with Gasteiger partial charge < -0.3 is 9.47 Å². The number of anilines is 3. The first-order valence-electron chi connectivity index (χ1n) is 20.7. The van der Waals surface area contributed by atoms with Gasteiger partial charge in [-0.05, 0) is 110 Å². The minimum absolute atomic E-state index is 1.10. The van der Waals surface area contributed by atoms with E-state index in [1.807, 2.05) is 0 Å². The summed E-state index contributed by atoms with van der Waals surface area (Å²) in [6.45, 7) is 0. The van der Waals surface area contributed by atoms with Gasteiger partial charge in [-0.15, -0.1) is 0 Å². The molecule has 1 aromatic heterocycles. The molecule has 1 heterocycles. The quantitative estimate of drug-likeness (QED) is 0.147. The lowest BCUT2D eigenvalue weighted by atomic mass is 9.92. The molecule has 0 radical (unpaired) electrons. The van der Waals surface area contributed by atoms with Crippen LogP contribution < -0.4 is 4.90 Å². The average molecular weight is 763 g/mol. The number of fused-ring (bicyclic) bond motifs is 3. The lowest BCUT2D eigenvalue weighted by Gasteiger charge is -2.28. The van der Waals surface area contributed by atoms with Crippen molar-refractivity contribution in [2.75, 3.05) is 4.90 Å². The first kappa shape index (κ1) is 34.1. The van der Waals surface area contributed by atoms with Crippen LogP contribution in [0.3, 0.4) is 0 Å². The predicted octanol–water partition coefficient (Wildman–Crippen LogP) is 16.2. The van der Waals surface area contributed by atoms with Gasteiger partial charge in [0.15, 0.2) is 0 Å². The van der Waals surface area contributed by atoms with Crippen LogP contribution in [0.4, 0.5) is 17.1 Å². The molecule has 0 bridgehead atoms. The zero-order chi connectivity index (χ0) is 39.6. The van der Waals surface area contributed by atoms with Crippen molar-refractivity contribution in [2.24, 2.45) is 0 Å². The molecule has 0 saturated carbocycles. The summed E-state index contributed by atoms with van der Waals surface area (Å²) >= 11 is 0. The Labute approximate surface area is 348 Å². The van der Waals surface area contributed by atoms with E-state index in [-0.39, 0.29) is 0 Å². The topological polar surface area (TPSA) is 8.17 Å². The van der Waals surface area contributed by atoms with E-state index in [0.29, 0.717) is 0 Å². The van der Waals surface area contributed by atoms with Gasteiger partial charge in [0.25, 0.3) is 0 Å². The van der Waals surface area contributed by atoms with Gasteiger partial charge in [-0.25, -0.2) is 0 Å². The Morgan fingerprint density at radius 3 is 1.33 bits per heavy atom. The molecule has 0 N–H and O–H groups in total. The fourth-order valence-electron chi connectivity index (χ4n) is 9.56. The Balaban J connectivity index is 1.09. The lowest BCUT2D eigenvalue weighted by Crippen LogP contribution is -2.11. The fraction of sp³-hybridized carbons (Fsp3) is 0. The van der Waals surface area contributed by atoms with Gasteiger partial charge in [-0.2, -0.15) is 0 Å². The fourth-order valence-corrected chi connectivity index (χ4v) is 9.56. The molecule has 0 spiro atoms. The number of rotatable bonds is 7. The Hall–Kier alpha value is -7.94. The minimum Gasteiger partial charge on any atom is -0.310 e. The molecule has 280 valence electrons. The molecule has 0 saturated heterocycles. The molecule has 12 rings (SSSR count). The maximum atomic E-state index is 2.46. The minimum atomic E-state index is 1.10. The van der Waals surface area contributed by atoms with Crippen molar-refractivity contribution in [2.45, 2.75) is 0 Å². The largest absolute Gasteiger partial charge is 0.310 e. The highest BCUT2D eigenvalue weighted by atomic mass is 15.1. The molecule has 11 aromatic carbocycles.